The Morgan fingerprint density at radius 2 is 2.36 bits per heavy atom. The van der Waals surface area contributed by atoms with Gasteiger partial charge in [0.1, 0.15) is 11.6 Å². The quantitative estimate of drug-likeness (QED) is 0.386. The van der Waals surface area contributed by atoms with Gasteiger partial charge in [0, 0.05) is 0 Å². The van der Waals surface area contributed by atoms with E-state index in [4.69, 9.17) is 10.8 Å². The van der Waals surface area contributed by atoms with Crippen LogP contribution in [-0.2, 0) is 9.53 Å². The van der Waals surface area contributed by atoms with E-state index in [1.807, 2.05) is 0 Å². The number of aliphatic hydroxyl groups is 2. The van der Waals surface area contributed by atoms with Gasteiger partial charge in [0.2, 0.25) is 0 Å². The predicted octanol–water partition coefficient (Wildman–Crippen LogP) is -2.02. The van der Waals surface area contributed by atoms with Crippen molar-refractivity contribution in [3.63, 3.8) is 0 Å². The first-order valence-corrected chi connectivity index (χ1v) is 3.29. The third-order valence-corrected chi connectivity index (χ3v) is 1.84. The van der Waals surface area contributed by atoms with E-state index in [1.54, 1.807) is 0 Å². The van der Waals surface area contributed by atoms with Gasteiger partial charge in [0.25, 0.3) is 0 Å². The monoisotopic (exact) mass is 161 g/mol. The molecule has 0 bridgehead atoms. The predicted molar refractivity (Wildman–Crippen MR) is 35.6 cm³/mol. The van der Waals surface area contributed by atoms with Crippen molar-refractivity contribution >= 4 is 5.97 Å². The first kappa shape index (κ1) is 8.45. The molecule has 3 atom stereocenters. The summed E-state index contributed by atoms with van der Waals surface area (Å²) in [5.41, 5.74) is 4.01. The molecule has 64 valence electrons. The normalized spacial score (nSPS) is 44.2. The largest absolute Gasteiger partial charge is 0.456 e. The molecular formula is C6H11NO4. The molecule has 11 heavy (non-hydrogen) atoms. The fraction of sp³-hybridized carbons (Fsp3) is 0.833. The number of nitrogens with two attached hydrogens (primary N) is 1. The number of cyclic esters (lactones) is 1. The van der Waals surface area contributed by atoms with E-state index in [0.29, 0.717) is 0 Å². The zero-order valence-electron chi connectivity index (χ0n) is 6.15. The molecule has 0 aromatic carbocycles. The maximum atomic E-state index is 10.9. The zero-order valence-corrected chi connectivity index (χ0v) is 6.15. The second kappa shape index (κ2) is 2.44. The lowest BCUT2D eigenvalue weighted by atomic mass is 9.96. The van der Waals surface area contributed by atoms with Crippen molar-refractivity contribution in [3.8, 4) is 0 Å². The summed E-state index contributed by atoms with van der Waals surface area (Å²) < 4.78 is 4.57. The summed E-state index contributed by atoms with van der Waals surface area (Å²) in [6.07, 6.45) is -2.00. The molecule has 5 heteroatoms. The van der Waals surface area contributed by atoms with Gasteiger partial charge >= 0.3 is 5.97 Å². The summed E-state index contributed by atoms with van der Waals surface area (Å²) in [6.45, 7) is 0.968. The number of carbonyl (C=O) groups is 1. The van der Waals surface area contributed by atoms with Crippen LogP contribution in [0.25, 0.3) is 0 Å². The standard InChI is InChI=1S/C6H11NO4/c1-6(7)4(9)3(2-8)11-5(6)10/h3-4,8-9H,2,7H2,1H3. The van der Waals surface area contributed by atoms with Gasteiger partial charge in [-0.3, -0.25) is 0 Å². The van der Waals surface area contributed by atoms with Crippen LogP contribution in [0.5, 0.6) is 0 Å². The first-order valence-electron chi connectivity index (χ1n) is 3.29. The van der Waals surface area contributed by atoms with Crippen LogP contribution in [0.15, 0.2) is 0 Å². The van der Waals surface area contributed by atoms with Crippen LogP contribution in [-0.4, -0.2) is 40.5 Å². The van der Waals surface area contributed by atoms with Crippen molar-refractivity contribution in [2.24, 2.45) is 5.73 Å². The lowest BCUT2D eigenvalue weighted by Crippen LogP contribution is -2.51. The maximum Gasteiger partial charge on any atom is 0.329 e. The average molecular weight is 161 g/mol. The van der Waals surface area contributed by atoms with Crippen LogP contribution in [0.3, 0.4) is 0 Å². The highest BCUT2D eigenvalue weighted by Crippen LogP contribution is 2.22. The topological polar surface area (TPSA) is 92.8 Å². The Kier molecular flexibility index (Phi) is 1.87. The number of rotatable bonds is 1. The molecule has 5 nitrogen and oxygen atoms in total. The molecule has 1 saturated heterocycles. The number of hydrogen-bond acceptors (Lipinski definition) is 5. The third kappa shape index (κ3) is 1.11. The van der Waals surface area contributed by atoms with Gasteiger partial charge in [0.15, 0.2) is 6.10 Å². The van der Waals surface area contributed by atoms with Crippen LogP contribution in [0, 0.1) is 0 Å². The second-order valence-corrected chi connectivity index (χ2v) is 2.85. The van der Waals surface area contributed by atoms with E-state index in [2.05, 4.69) is 4.74 Å². The van der Waals surface area contributed by atoms with Crippen LogP contribution in [0.4, 0.5) is 0 Å². The fourth-order valence-electron chi connectivity index (χ4n) is 0.973. The van der Waals surface area contributed by atoms with E-state index in [0.717, 1.165) is 0 Å². The Balaban J connectivity index is 2.80. The van der Waals surface area contributed by atoms with E-state index >= 15 is 0 Å². The highest BCUT2D eigenvalue weighted by molar-refractivity contribution is 5.83. The molecule has 4 N–H and O–H groups in total. The van der Waals surface area contributed by atoms with Gasteiger partial charge in [-0.2, -0.15) is 0 Å². The number of esters is 1. The van der Waals surface area contributed by atoms with E-state index in [-0.39, 0.29) is 0 Å². The molecule has 1 heterocycles. The molecule has 1 rings (SSSR count). The number of aliphatic hydroxyl groups excluding tert-OH is 2. The van der Waals surface area contributed by atoms with E-state index in [9.17, 15) is 9.90 Å². The number of carbonyl (C=O) groups excluding carboxylic acids is 1. The minimum Gasteiger partial charge on any atom is -0.456 e. The van der Waals surface area contributed by atoms with Crippen LogP contribution in [0.1, 0.15) is 6.92 Å². The summed E-state index contributed by atoms with van der Waals surface area (Å²) in [5.74, 6) is -0.677. The van der Waals surface area contributed by atoms with Crippen LogP contribution < -0.4 is 5.73 Å². The molecule has 1 aliphatic rings. The summed E-state index contributed by atoms with van der Waals surface area (Å²) in [5, 5.41) is 17.8. The van der Waals surface area contributed by atoms with Gasteiger partial charge in [-0.05, 0) is 6.92 Å². The average Bonchev–Trinajstić information content (AvgIpc) is 2.14. The minimum absolute atomic E-state index is 0.403. The highest BCUT2D eigenvalue weighted by atomic mass is 16.6. The van der Waals surface area contributed by atoms with Crippen LogP contribution >= 0.6 is 0 Å². The van der Waals surface area contributed by atoms with Gasteiger partial charge in [-0.1, -0.05) is 0 Å². The molecular weight excluding hydrogens is 150 g/mol. The SMILES string of the molecule is CC1(N)C(=O)OC(CO)C1O. The molecule has 0 amide bonds. The minimum atomic E-state index is -1.38. The summed E-state index contributed by atoms with van der Waals surface area (Å²) in [4.78, 5) is 10.9. The third-order valence-electron chi connectivity index (χ3n) is 1.84. The van der Waals surface area contributed by atoms with E-state index in [1.165, 1.54) is 6.92 Å². The van der Waals surface area contributed by atoms with Crippen molar-refractivity contribution in [2.45, 2.75) is 24.7 Å². The van der Waals surface area contributed by atoms with Crippen LogP contribution in [0.2, 0.25) is 0 Å². The van der Waals surface area contributed by atoms with E-state index < -0.39 is 30.3 Å². The zero-order chi connectivity index (χ0) is 8.65. The summed E-state index contributed by atoms with van der Waals surface area (Å²) >= 11 is 0. The van der Waals surface area contributed by atoms with Crippen molar-refractivity contribution in [3.05, 3.63) is 0 Å². The Hall–Kier alpha value is -0.650. The molecule has 3 unspecified atom stereocenters. The summed E-state index contributed by atoms with van der Waals surface area (Å²) in [7, 11) is 0. The molecule has 1 aliphatic heterocycles. The Labute approximate surface area is 63.8 Å². The fourth-order valence-corrected chi connectivity index (χ4v) is 0.973. The molecule has 0 aromatic heterocycles. The molecule has 0 radical (unpaired) electrons. The van der Waals surface area contributed by atoms with Gasteiger partial charge in [-0.25, -0.2) is 4.79 Å². The summed E-state index contributed by atoms with van der Waals surface area (Å²) in [6, 6.07) is 0. The molecule has 0 aliphatic carbocycles. The Morgan fingerprint density at radius 3 is 2.55 bits per heavy atom. The first-order chi connectivity index (χ1) is 5.00. The van der Waals surface area contributed by atoms with Crippen molar-refractivity contribution in [1.29, 1.82) is 0 Å². The lowest BCUT2D eigenvalue weighted by Gasteiger charge is -2.17. The smallest absolute Gasteiger partial charge is 0.329 e. The number of ether oxygens (including phenoxy) is 1. The van der Waals surface area contributed by atoms with Crippen molar-refractivity contribution < 1.29 is 19.7 Å². The highest BCUT2D eigenvalue weighted by Gasteiger charge is 2.50. The second-order valence-electron chi connectivity index (χ2n) is 2.85. The molecule has 0 spiro atoms. The van der Waals surface area contributed by atoms with Crippen molar-refractivity contribution in [2.75, 3.05) is 6.61 Å². The molecule has 1 fully saturated rings. The number of hydrogen-bond donors (Lipinski definition) is 3. The van der Waals surface area contributed by atoms with Gasteiger partial charge in [0.05, 0.1) is 6.61 Å². The lowest BCUT2D eigenvalue weighted by molar-refractivity contribution is -0.146. The Bertz CT molecular complexity index is 179. The Morgan fingerprint density at radius 1 is 1.82 bits per heavy atom. The van der Waals surface area contributed by atoms with Crippen molar-refractivity contribution in [1.82, 2.24) is 0 Å². The van der Waals surface area contributed by atoms with Gasteiger partial charge < -0.3 is 20.7 Å². The molecule has 0 aromatic rings. The maximum absolute atomic E-state index is 10.9. The van der Waals surface area contributed by atoms with Gasteiger partial charge in [-0.15, -0.1) is 0 Å². The molecule has 0 saturated carbocycles.